The third-order valence-electron chi connectivity index (χ3n) is 1.92. The molecule has 1 amide bonds. The van der Waals surface area contributed by atoms with Crippen molar-refractivity contribution in [2.24, 2.45) is 5.73 Å². The van der Waals surface area contributed by atoms with Gasteiger partial charge in [-0.15, -0.1) is 24.8 Å². The Morgan fingerprint density at radius 2 is 2.05 bits per heavy atom. The van der Waals surface area contributed by atoms with Gasteiger partial charge in [-0.2, -0.15) is 0 Å². The van der Waals surface area contributed by atoms with Crippen molar-refractivity contribution in [1.82, 2.24) is 4.98 Å². The molecule has 1 rings (SSSR count). The van der Waals surface area contributed by atoms with Gasteiger partial charge in [-0.3, -0.25) is 4.79 Å². The van der Waals surface area contributed by atoms with Gasteiger partial charge in [-0.1, -0.05) is 0 Å². The van der Waals surface area contributed by atoms with Gasteiger partial charge in [0.2, 0.25) is 0 Å². The number of carbonyl (C=O) groups is 1. The van der Waals surface area contributed by atoms with Crippen molar-refractivity contribution in [1.29, 1.82) is 0 Å². The Balaban J connectivity index is 3.40. The van der Waals surface area contributed by atoms with Crippen molar-refractivity contribution in [3.63, 3.8) is 0 Å². The van der Waals surface area contributed by atoms with Crippen molar-refractivity contribution < 1.29 is 31.5 Å². The van der Waals surface area contributed by atoms with Gasteiger partial charge in [0.15, 0.2) is 5.75 Å². The molecule has 0 saturated heterocycles. The van der Waals surface area contributed by atoms with Crippen LogP contribution in [-0.4, -0.2) is 17.3 Å². The van der Waals surface area contributed by atoms with E-state index in [1.165, 1.54) is 0 Å². The Bertz CT molecular complexity index is 492. The van der Waals surface area contributed by atoms with Gasteiger partial charge >= 0.3 is 6.36 Å². The summed E-state index contributed by atoms with van der Waals surface area (Å²) in [5.74, 6) is -2.90. The lowest BCUT2D eigenvalue weighted by atomic mass is 10.1. The van der Waals surface area contributed by atoms with Crippen LogP contribution in [0.15, 0.2) is 6.07 Å². The average Bonchev–Trinajstić information content (AvgIpc) is 2.25. The highest BCUT2D eigenvalue weighted by molar-refractivity contribution is 6.17. The molecule has 0 unspecified atom stereocenters. The molecule has 0 saturated carbocycles. The first kappa shape index (κ1) is 15.4. The number of hydrogen-bond donors (Lipinski definition) is 1. The van der Waals surface area contributed by atoms with Crippen molar-refractivity contribution in [2.75, 3.05) is 0 Å². The molecule has 0 atom stereocenters. The molecule has 0 aliphatic carbocycles. The van der Waals surface area contributed by atoms with Crippen LogP contribution in [0, 0.1) is 0 Å². The maximum atomic E-state index is 12.6. The van der Waals surface area contributed by atoms with Gasteiger partial charge in [0.25, 0.3) is 12.3 Å². The number of pyridine rings is 1. The fourth-order valence-electron chi connectivity index (χ4n) is 1.22. The SMILES string of the molecule is NC(=O)c1cc(OC(F)(F)F)c(CCl)nc1C(F)F. The maximum Gasteiger partial charge on any atom is 0.573 e. The van der Waals surface area contributed by atoms with Crippen LogP contribution in [0.1, 0.15) is 28.2 Å². The van der Waals surface area contributed by atoms with Crippen LogP contribution in [-0.2, 0) is 5.88 Å². The summed E-state index contributed by atoms with van der Waals surface area (Å²) >= 11 is 5.30. The Hall–Kier alpha value is -1.64. The highest BCUT2D eigenvalue weighted by Crippen LogP contribution is 2.31. The monoisotopic (exact) mass is 304 g/mol. The predicted octanol–water partition coefficient (Wildman–Crippen LogP) is 2.76. The number of nitrogens with zero attached hydrogens (tertiary/aromatic N) is 1. The van der Waals surface area contributed by atoms with E-state index in [2.05, 4.69) is 9.72 Å². The minimum absolute atomic E-state index is 0.446. The molecule has 1 aromatic rings. The van der Waals surface area contributed by atoms with Crippen LogP contribution < -0.4 is 10.5 Å². The zero-order chi connectivity index (χ0) is 14.8. The van der Waals surface area contributed by atoms with Crippen LogP contribution in [0.5, 0.6) is 5.75 Å². The fourth-order valence-corrected chi connectivity index (χ4v) is 1.41. The van der Waals surface area contributed by atoms with Crippen LogP contribution >= 0.6 is 11.6 Å². The summed E-state index contributed by atoms with van der Waals surface area (Å²) in [5.41, 5.74) is 2.32. The second-order valence-electron chi connectivity index (χ2n) is 3.21. The van der Waals surface area contributed by atoms with E-state index in [-0.39, 0.29) is 0 Å². The summed E-state index contributed by atoms with van der Waals surface area (Å²) in [6, 6.07) is 0.446. The number of ether oxygens (including phenoxy) is 1. The third kappa shape index (κ3) is 3.91. The van der Waals surface area contributed by atoms with Gasteiger partial charge in [-0.25, -0.2) is 13.8 Å². The standard InChI is InChI=1S/C9H6ClF5N2O2/c10-2-4-5(19-9(13,14)15)1-3(8(16)18)6(17-4)7(11)12/h1,7H,2H2,(H2,16,18). The van der Waals surface area contributed by atoms with E-state index in [9.17, 15) is 26.7 Å². The second-order valence-corrected chi connectivity index (χ2v) is 3.48. The van der Waals surface area contributed by atoms with Crippen LogP contribution in [0.25, 0.3) is 0 Å². The van der Waals surface area contributed by atoms with Gasteiger partial charge in [0, 0.05) is 0 Å². The van der Waals surface area contributed by atoms with Crippen LogP contribution in [0.4, 0.5) is 22.0 Å². The van der Waals surface area contributed by atoms with Crippen LogP contribution in [0.3, 0.4) is 0 Å². The molecule has 19 heavy (non-hydrogen) atoms. The Labute approximate surface area is 108 Å². The summed E-state index contributed by atoms with van der Waals surface area (Å²) in [4.78, 5) is 14.1. The molecule has 0 aliphatic heterocycles. The van der Waals surface area contributed by atoms with Gasteiger partial charge in [-0.05, 0) is 6.07 Å². The molecule has 2 N–H and O–H groups in total. The Morgan fingerprint density at radius 3 is 2.42 bits per heavy atom. The molecule has 0 radical (unpaired) electrons. The molecule has 10 heteroatoms. The number of carbonyl (C=O) groups excluding carboxylic acids is 1. The molecule has 106 valence electrons. The number of rotatable bonds is 4. The zero-order valence-electron chi connectivity index (χ0n) is 8.97. The number of halogens is 6. The molecule has 0 spiro atoms. The lowest BCUT2D eigenvalue weighted by Crippen LogP contribution is -2.21. The molecule has 1 aromatic heterocycles. The van der Waals surface area contributed by atoms with Crippen molar-refractivity contribution in [3.8, 4) is 5.75 Å². The third-order valence-corrected chi connectivity index (χ3v) is 2.17. The van der Waals surface area contributed by atoms with E-state index in [0.29, 0.717) is 6.07 Å². The molecule has 0 bridgehead atoms. The van der Waals surface area contributed by atoms with Crippen molar-refractivity contribution >= 4 is 17.5 Å². The highest BCUT2D eigenvalue weighted by atomic mass is 35.5. The van der Waals surface area contributed by atoms with Crippen molar-refractivity contribution in [2.45, 2.75) is 18.7 Å². The number of hydrogen-bond acceptors (Lipinski definition) is 3. The summed E-state index contributed by atoms with van der Waals surface area (Å²) in [7, 11) is 0. The largest absolute Gasteiger partial charge is 0.573 e. The number of aromatic nitrogens is 1. The smallest absolute Gasteiger partial charge is 0.404 e. The number of alkyl halides is 6. The Morgan fingerprint density at radius 1 is 1.47 bits per heavy atom. The summed E-state index contributed by atoms with van der Waals surface area (Å²) in [6.07, 6.45) is -8.27. The second kappa shape index (κ2) is 5.55. The molecule has 0 aliphatic rings. The van der Waals surface area contributed by atoms with Crippen LogP contribution in [0.2, 0.25) is 0 Å². The summed E-state index contributed by atoms with van der Waals surface area (Å²) in [6.45, 7) is 0. The van der Waals surface area contributed by atoms with Gasteiger partial charge in [0.1, 0.15) is 5.69 Å². The molecule has 1 heterocycles. The molecular formula is C9H6ClF5N2O2. The predicted molar refractivity (Wildman–Crippen MR) is 54.0 cm³/mol. The highest BCUT2D eigenvalue weighted by Gasteiger charge is 2.33. The van der Waals surface area contributed by atoms with E-state index >= 15 is 0 Å². The quantitative estimate of drug-likeness (QED) is 0.687. The minimum Gasteiger partial charge on any atom is -0.404 e. The molecule has 0 aromatic carbocycles. The zero-order valence-corrected chi connectivity index (χ0v) is 9.73. The normalized spacial score (nSPS) is 11.7. The van der Waals surface area contributed by atoms with Gasteiger partial charge < -0.3 is 10.5 Å². The maximum absolute atomic E-state index is 12.6. The number of amides is 1. The topological polar surface area (TPSA) is 65.2 Å². The number of primary amides is 1. The molecular weight excluding hydrogens is 299 g/mol. The molecule has 4 nitrogen and oxygen atoms in total. The van der Waals surface area contributed by atoms with E-state index < -0.39 is 47.3 Å². The summed E-state index contributed by atoms with van der Waals surface area (Å²) < 4.78 is 65.0. The summed E-state index contributed by atoms with van der Waals surface area (Å²) in [5, 5.41) is 0. The lowest BCUT2D eigenvalue weighted by Gasteiger charge is -2.14. The first-order valence-electron chi connectivity index (χ1n) is 4.59. The van der Waals surface area contributed by atoms with E-state index in [0.717, 1.165) is 0 Å². The van der Waals surface area contributed by atoms with Gasteiger partial charge in [0.05, 0.1) is 17.1 Å². The fraction of sp³-hybridized carbons (Fsp3) is 0.333. The van der Waals surface area contributed by atoms with E-state index in [4.69, 9.17) is 17.3 Å². The first-order valence-corrected chi connectivity index (χ1v) is 5.12. The van der Waals surface area contributed by atoms with Crippen molar-refractivity contribution in [3.05, 3.63) is 23.0 Å². The van der Waals surface area contributed by atoms with E-state index in [1.54, 1.807) is 0 Å². The Kier molecular flexibility index (Phi) is 4.51. The average molecular weight is 305 g/mol. The first-order chi connectivity index (χ1) is 8.65. The number of nitrogens with two attached hydrogens (primary N) is 1. The molecule has 0 fully saturated rings. The minimum atomic E-state index is -5.08. The van der Waals surface area contributed by atoms with E-state index in [1.807, 2.05) is 0 Å². The lowest BCUT2D eigenvalue weighted by molar-refractivity contribution is -0.275.